The van der Waals surface area contributed by atoms with Crippen molar-refractivity contribution in [1.29, 1.82) is 0 Å². The first-order chi connectivity index (χ1) is 10.5. The molecule has 1 heterocycles. The van der Waals surface area contributed by atoms with Gasteiger partial charge < -0.3 is 0 Å². The largest absolute Gasteiger partial charge is 0.295 e. The molecular formula is C16H15NO3S2. The number of ketones is 1. The smallest absolute Gasteiger partial charge is 0.264 e. The highest BCUT2D eigenvalue weighted by atomic mass is 32.2. The van der Waals surface area contributed by atoms with Crippen LogP contribution in [0.2, 0.25) is 0 Å². The third-order valence-electron chi connectivity index (χ3n) is 3.53. The zero-order valence-corrected chi connectivity index (χ0v) is 13.7. The van der Waals surface area contributed by atoms with E-state index in [2.05, 4.69) is 0 Å². The van der Waals surface area contributed by atoms with E-state index in [9.17, 15) is 13.2 Å². The molecule has 4 nitrogen and oxygen atoms in total. The molecule has 0 N–H and O–H groups in total. The average molecular weight is 333 g/mol. The van der Waals surface area contributed by atoms with Crippen molar-refractivity contribution in [3.8, 4) is 0 Å². The number of para-hydroxylation sites is 1. The van der Waals surface area contributed by atoms with Crippen molar-refractivity contribution in [3.05, 3.63) is 54.1 Å². The lowest BCUT2D eigenvalue weighted by molar-refractivity contribution is 0.101. The standard InChI is InChI=1S/C16H15NO3S2/c1-12(18)13-6-8-14(9-7-13)22(19,20)17-10-11-21-16-5-3-2-4-15(16)17/h2-9H,10-11H2,1H3. The van der Waals surface area contributed by atoms with Crippen LogP contribution in [0, 0.1) is 0 Å². The Balaban J connectivity index is 2.02. The zero-order chi connectivity index (χ0) is 15.7. The predicted molar refractivity (Wildman–Crippen MR) is 88.1 cm³/mol. The Kier molecular flexibility index (Phi) is 3.97. The number of sulfonamides is 1. The second-order valence-corrected chi connectivity index (χ2v) is 7.97. The van der Waals surface area contributed by atoms with Crippen LogP contribution in [0.15, 0.2) is 58.3 Å². The molecule has 6 heteroatoms. The summed E-state index contributed by atoms with van der Waals surface area (Å²) in [6, 6.07) is 13.6. The predicted octanol–water partition coefficient (Wildman–Crippen LogP) is 3.19. The van der Waals surface area contributed by atoms with E-state index in [1.54, 1.807) is 23.9 Å². The summed E-state index contributed by atoms with van der Waals surface area (Å²) in [6.07, 6.45) is 0. The van der Waals surface area contributed by atoms with E-state index in [4.69, 9.17) is 0 Å². The van der Waals surface area contributed by atoms with Gasteiger partial charge in [-0.2, -0.15) is 0 Å². The highest BCUT2D eigenvalue weighted by Gasteiger charge is 2.29. The van der Waals surface area contributed by atoms with Crippen molar-refractivity contribution in [2.75, 3.05) is 16.6 Å². The highest BCUT2D eigenvalue weighted by molar-refractivity contribution is 8.00. The molecule has 3 rings (SSSR count). The van der Waals surface area contributed by atoms with Gasteiger partial charge in [-0.15, -0.1) is 11.8 Å². The molecule has 2 aromatic rings. The molecule has 0 saturated carbocycles. The maximum Gasteiger partial charge on any atom is 0.264 e. The minimum atomic E-state index is -3.61. The first kappa shape index (κ1) is 15.1. The number of thioether (sulfide) groups is 1. The molecule has 0 amide bonds. The van der Waals surface area contributed by atoms with Gasteiger partial charge in [-0.1, -0.05) is 24.3 Å². The summed E-state index contributed by atoms with van der Waals surface area (Å²) >= 11 is 1.66. The van der Waals surface area contributed by atoms with Crippen LogP contribution < -0.4 is 4.31 Å². The van der Waals surface area contributed by atoms with Crippen LogP contribution in [-0.2, 0) is 10.0 Å². The molecule has 114 valence electrons. The van der Waals surface area contributed by atoms with Gasteiger partial charge in [-0.25, -0.2) is 8.42 Å². The fourth-order valence-corrected chi connectivity index (χ4v) is 5.04. The van der Waals surface area contributed by atoms with Crippen LogP contribution in [0.5, 0.6) is 0 Å². The molecule has 0 aliphatic carbocycles. The topological polar surface area (TPSA) is 54.5 Å². The fourth-order valence-electron chi connectivity index (χ4n) is 2.38. The van der Waals surface area contributed by atoms with E-state index in [0.717, 1.165) is 16.3 Å². The maximum absolute atomic E-state index is 12.9. The van der Waals surface area contributed by atoms with Crippen LogP contribution >= 0.6 is 11.8 Å². The van der Waals surface area contributed by atoms with Gasteiger partial charge in [-0.3, -0.25) is 9.10 Å². The Bertz CT molecular complexity index is 814. The number of nitrogens with zero attached hydrogens (tertiary/aromatic N) is 1. The van der Waals surface area contributed by atoms with Crippen LogP contribution in [0.3, 0.4) is 0 Å². The van der Waals surface area contributed by atoms with Crippen LogP contribution in [0.4, 0.5) is 5.69 Å². The normalized spacial score (nSPS) is 14.5. The summed E-state index contributed by atoms with van der Waals surface area (Å²) in [4.78, 5) is 12.5. The van der Waals surface area contributed by atoms with E-state index in [1.165, 1.54) is 23.4 Å². The van der Waals surface area contributed by atoms with Crippen molar-refractivity contribution in [1.82, 2.24) is 0 Å². The molecule has 2 aromatic carbocycles. The SMILES string of the molecule is CC(=O)c1ccc(S(=O)(=O)N2CCSc3ccccc32)cc1. The highest BCUT2D eigenvalue weighted by Crippen LogP contribution is 2.37. The van der Waals surface area contributed by atoms with Crippen LogP contribution in [-0.4, -0.2) is 26.5 Å². The van der Waals surface area contributed by atoms with Crippen LogP contribution in [0.25, 0.3) is 0 Å². The van der Waals surface area contributed by atoms with Crippen molar-refractivity contribution in [3.63, 3.8) is 0 Å². The first-order valence-electron chi connectivity index (χ1n) is 6.86. The zero-order valence-electron chi connectivity index (χ0n) is 12.0. The van der Waals surface area contributed by atoms with E-state index >= 15 is 0 Å². The number of hydrogen-bond donors (Lipinski definition) is 0. The molecule has 0 aromatic heterocycles. The number of hydrogen-bond acceptors (Lipinski definition) is 4. The summed E-state index contributed by atoms with van der Waals surface area (Å²) in [6.45, 7) is 1.90. The summed E-state index contributed by atoms with van der Waals surface area (Å²) in [5, 5.41) is 0. The molecule has 0 fully saturated rings. The maximum atomic E-state index is 12.9. The molecule has 0 unspecified atom stereocenters. The lowest BCUT2D eigenvalue weighted by Gasteiger charge is -2.30. The second kappa shape index (κ2) is 5.78. The van der Waals surface area contributed by atoms with E-state index < -0.39 is 10.0 Å². The number of fused-ring (bicyclic) bond motifs is 1. The monoisotopic (exact) mass is 333 g/mol. The second-order valence-electron chi connectivity index (χ2n) is 4.97. The van der Waals surface area contributed by atoms with Crippen molar-refractivity contribution >= 4 is 33.3 Å². The molecule has 0 bridgehead atoms. The number of Topliss-reactive ketones (excluding diaryl/α,β-unsaturated/α-hetero) is 1. The van der Waals surface area contributed by atoms with E-state index in [1.807, 2.05) is 24.3 Å². The Morgan fingerprint density at radius 2 is 1.77 bits per heavy atom. The molecule has 0 atom stereocenters. The van der Waals surface area contributed by atoms with E-state index in [0.29, 0.717) is 12.1 Å². The summed E-state index contributed by atoms with van der Waals surface area (Å²) in [7, 11) is -3.61. The van der Waals surface area contributed by atoms with Gasteiger partial charge in [0, 0.05) is 22.8 Å². The van der Waals surface area contributed by atoms with Gasteiger partial charge in [0.25, 0.3) is 10.0 Å². The number of anilines is 1. The molecule has 0 spiro atoms. The number of carbonyl (C=O) groups is 1. The van der Waals surface area contributed by atoms with Gasteiger partial charge in [0.15, 0.2) is 5.78 Å². The Morgan fingerprint density at radius 3 is 2.45 bits per heavy atom. The lowest BCUT2D eigenvalue weighted by Crippen LogP contribution is -2.35. The lowest BCUT2D eigenvalue weighted by atomic mass is 10.2. The summed E-state index contributed by atoms with van der Waals surface area (Å²) in [5.41, 5.74) is 1.22. The molecule has 22 heavy (non-hydrogen) atoms. The Hall–Kier alpha value is -1.79. The average Bonchev–Trinajstić information content (AvgIpc) is 2.54. The first-order valence-corrected chi connectivity index (χ1v) is 9.28. The third kappa shape index (κ3) is 2.64. The summed E-state index contributed by atoms with van der Waals surface area (Å²) in [5.74, 6) is 0.644. The molecule has 1 aliphatic heterocycles. The quantitative estimate of drug-likeness (QED) is 0.810. The van der Waals surface area contributed by atoms with Gasteiger partial charge in [-0.05, 0) is 31.2 Å². The molecular weight excluding hydrogens is 318 g/mol. The van der Waals surface area contributed by atoms with Gasteiger partial charge >= 0.3 is 0 Å². The van der Waals surface area contributed by atoms with Gasteiger partial charge in [0.05, 0.1) is 10.6 Å². The summed E-state index contributed by atoms with van der Waals surface area (Å²) < 4.78 is 27.2. The Morgan fingerprint density at radius 1 is 1.09 bits per heavy atom. The van der Waals surface area contributed by atoms with E-state index in [-0.39, 0.29) is 10.7 Å². The minimum absolute atomic E-state index is 0.0799. The molecule has 0 saturated heterocycles. The van der Waals surface area contributed by atoms with Gasteiger partial charge in [0.1, 0.15) is 0 Å². The third-order valence-corrected chi connectivity index (χ3v) is 6.41. The van der Waals surface area contributed by atoms with Crippen molar-refractivity contribution in [2.45, 2.75) is 16.7 Å². The number of rotatable bonds is 3. The minimum Gasteiger partial charge on any atom is -0.295 e. The number of carbonyl (C=O) groups excluding carboxylic acids is 1. The fraction of sp³-hybridized carbons (Fsp3) is 0.188. The molecule has 0 radical (unpaired) electrons. The Labute approximate surface area is 134 Å². The van der Waals surface area contributed by atoms with Crippen molar-refractivity contribution < 1.29 is 13.2 Å². The van der Waals surface area contributed by atoms with Crippen LogP contribution in [0.1, 0.15) is 17.3 Å². The molecule has 1 aliphatic rings. The van der Waals surface area contributed by atoms with Crippen molar-refractivity contribution in [2.24, 2.45) is 0 Å². The number of benzene rings is 2. The van der Waals surface area contributed by atoms with Gasteiger partial charge in [0.2, 0.25) is 0 Å².